The number of rotatable bonds is 7. The van der Waals surface area contributed by atoms with Crippen LogP contribution in [0.1, 0.15) is 88.8 Å². The lowest BCUT2D eigenvalue weighted by molar-refractivity contribution is -0.135. The van der Waals surface area contributed by atoms with Crippen LogP contribution in [0.2, 0.25) is 0 Å². The summed E-state index contributed by atoms with van der Waals surface area (Å²) >= 11 is 0. The number of amides is 4. The van der Waals surface area contributed by atoms with E-state index in [2.05, 4.69) is 48.7 Å². The molecule has 0 radical (unpaired) electrons. The van der Waals surface area contributed by atoms with Gasteiger partial charge in [0.25, 0.3) is 5.91 Å². The molecule has 0 bridgehead atoms. The summed E-state index contributed by atoms with van der Waals surface area (Å²) in [6.07, 6.45) is 8.35. The molecule has 2 atom stereocenters. The molecule has 0 aromatic heterocycles. The highest BCUT2D eigenvalue weighted by Gasteiger charge is 2.56. The molecule has 1 aromatic rings. The quantitative estimate of drug-likeness (QED) is 0.641. The standard InChI is InChI=1S/C25H35N3O3/c1-16(2)22(19-11-9-18(10-12-19)17-7-5-4-6-8-17)26-21(29)15-28-23(30)25(3,20-13-14-20)27-24(28)31/h9-12,16-17,20,22H,4-8,13-15H2,1-3H3,(H,26,29)(H,27,31). The topological polar surface area (TPSA) is 78.5 Å². The highest BCUT2D eigenvalue weighted by Crippen LogP contribution is 2.42. The van der Waals surface area contributed by atoms with Gasteiger partial charge in [0.1, 0.15) is 12.1 Å². The molecule has 1 heterocycles. The Morgan fingerprint density at radius 3 is 2.32 bits per heavy atom. The van der Waals surface area contributed by atoms with Gasteiger partial charge in [-0.3, -0.25) is 14.5 Å². The van der Waals surface area contributed by atoms with Gasteiger partial charge in [0.2, 0.25) is 5.91 Å². The lowest BCUT2D eigenvalue weighted by Crippen LogP contribution is -2.47. The summed E-state index contributed by atoms with van der Waals surface area (Å²) in [5.74, 6) is 0.425. The zero-order valence-electron chi connectivity index (χ0n) is 18.9. The molecule has 2 saturated carbocycles. The second-order valence-corrected chi connectivity index (χ2v) is 10.1. The van der Waals surface area contributed by atoms with E-state index in [0.717, 1.165) is 23.3 Å². The van der Waals surface area contributed by atoms with E-state index in [0.29, 0.717) is 5.92 Å². The Kier molecular flexibility index (Phi) is 6.09. The van der Waals surface area contributed by atoms with Gasteiger partial charge >= 0.3 is 6.03 Å². The molecule has 1 saturated heterocycles. The van der Waals surface area contributed by atoms with Gasteiger partial charge in [0, 0.05) is 0 Å². The molecular weight excluding hydrogens is 390 g/mol. The average Bonchev–Trinajstić information content (AvgIpc) is 3.59. The van der Waals surface area contributed by atoms with Crippen LogP contribution in [0.15, 0.2) is 24.3 Å². The number of urea groups is 1. The molecule has 0 spiro atoms. The monoisotopic (exact) mass is 425 g/mol. The molecule has 2 unspecified atom stereocenters. The van der Waals surface area contributed by atoms with E-state index in [4.69, 9.17) is 0 Å². The van der Waals surface area contributed by atoms with Crippen molar-refractivity contribution in [2.75, 3.05) is 6.54 Å². The first kappa shape index (κ1) is 21.8. The van der Waals surface area contributed by atoms with Crippen LogP contribution in [-0.4, -0.2) is 34.8 Å². The van der Waals surface area contributed by atoms with Crippen molar-refractivity contribution in [1.82, 2.24) is 15.5 Å². The summed E-state index contributed by atoms with van der Waals surface area (Å²) in [5, 5.41) is 5.86. The van der Waals surface area contributed by atoms with Crippen molar-refractivity contribution in [2.45, 2.75) is 83.2 Å². The Labute approximate surface area is 185 Å². The van der Waals surface area contributed by atoms with Crippen LogP contribution >= 0.6 is 0 Å². The number of imide groups is 1. The molecule has 168 valence electrons. The van der Waals surface area contributed by atoms with Crippen molar-refractivity contribution in [1.29, 1.82) is 0 Å². The molecule has 31 heavy (non-hydrogen) atoms. The summed E-state index contributed by atoms with van der Waals surface area (Å²) in [6.45, 7) is 5.67. The van der Waals surface area contributed by atoms with Gasteiger partial charge in [-0.1, -0.05) is 57.4 Å². The van der Waals surface area contributed by atoms with Gasteiger partial charge in [-0.25, -0.2) is 4.79 Å². The van der Waals surface area contributed by atoms with Crippen LogP contribution in [-0.2, 0) is 9.59 Å². The number of benzene rings is 1. The van der Waals surface area contributed by atoms with Crippen LogP contribution in [0.5, 0.6) is 0 Å². The first-order valence-electron chi connectivity index (χ1n) is 11.8. The van der Waals surface area contributed by atoms with E-state index in [1.807, 2.05) is 0 Å². The maximum atomic E-state index is 12.8. The number of carbonyl (C=O) groups excluding carboxylic acids is 3. The summed E-state index contributed by atoms with van der Waals surface area (Å²) in [6, 6.07) is 8.01. The number of hydrogen-bond acceptors (Lipinski definition) is 3. The highest BCUT2D eigenvalue weighted by atomic mass is 16.2. The molecule has 6 heteroatoms. The molecule has 1 aromatic carbocycles. The summed E-state index contributed by atoms with van der Waals surface area (Å²) in [4.78, 5) is 39.0. The van der Waals surface area contributed by atoms with Gasteiger partial charge < -0.3 is 10.6 Å². The number of hydrogen-bond donors (Lipinski definition) is 2. The third-order valence-corrected chi connectivity index (χ3v) is 7.35. The summed E-state index contributed by atoms with van der Waals surface area (Å²) in [5.41, 5.74) is 1.59. The van der Waals surface area contributed by atoms with Gasteiger partial charge in [0.15, 0.2) is 0 Å². The molecular formula is C25H35N3O3. The van der Waals surface area contributed by atoms with E-state index in [9.17, 15) is 14.4 Å². The number of nitrogens with zero attached hydrogens (tertiary/aromatic N) is 1. The Balaban J connectivity index is 1.40. The average molecular weight is 426 g/mol. The van der Waals surface area contributed by atoms with E-state index in [1.54, 1.807) is 6.92 Å². The molecule has 3 fully saturated rings. The van der Waals surface area contributed by atoms with Crippen LogP contribution in [0, 0.1) is 11.8 Å². The fourth-order valence-corrected chi connectivity index (χ4v) is 5.21. The first-order chi connectivity index (χ1) is 14.8. The number of nitrogens with one attached hydrogen (secondary N) is 2. The molecule has 2 aliphatic carbocycles. The van der Waals surface area contributed by atoms with Crippen molar-refractivity contribution in [2.24, 2.45) is 11.8 Å². The van der Waals surface area contributed by atoms with Crippen molar-refractivity contribution in [3.8, 4) is 0 Å². The molecule has 4 amide bonds. The predicted octanol–water partition coefficient (Wildman–Crippen LogP) is 4.27. The van der Waals surface area contributed by atoms with Crippen LogP contribution in [0.25, 0.3) is 0 Å². The first-order valence-corrected chi connectivity index (χ1v) is 11.8. The third-order valence-electron chi connectivity index (χ3n) is 7.35. The van der Waals surface area contributed by atoms with Crippen molar-refractivity contribution in [3.05, 3.63) is 35.4 Å². The minimum Gasteiger partial charge on any atom is -0.347 e. The summed E-state index contributed by atoms with van der Waals surface area (Å²) < 4.78 is 0. The van der Waals surface area contributed by atoms with Crippen LogP contribution in [0.3, 0.4) is 0 Å². The zero-order chi connectivity index (χ0) is 22.2. The van der Waals surface area contributed by atoms with E-state index >= 15 is 0 Å². The van der Waals surface area contributed by atoms with Crippen molar-refractivity contribution >= 4 is 17.8 Å². The normalized spacial score (nSPS) is 25.6. The number of carbonyl (C=O) groups is 3. The maximum absolute atomic E-state index is 12.8. The lowest BCUT2D eigenvalue weighted by atomic mass is 9.83. The van der Waals surface area contributed by atoms with Crippen LogP contribution < -0.4 is 10.6 Å². The van der Waals surface area contributed by atoms with Gasteiger partial charge in [0.05, 0.1) is 6.04 Å². The second-order valence-electron chi connectivity index (χ2n) is 10.1. The Morgan fingerprint density at radius 1 is 1.10 bits per heavy atom. The van der Waals surface area contributed by atoms with E-state index < -0.39 is 11.6 Å². The fraction of sp³-hybridized carbons (Fsp3) is 0.640. The fourth-order valence-electron chi connectivity index (χ4n) is 5.21. The highest BCUT2D eigenvalue weighted by molar-refractivity contribution is 6.09. The smallest absolute Gasteiger partial charge is 0.325 e. The Hall–Kier alpha value is -2.37. The third kappa shape index (κ3) is 4.48. The largest absolute Gasteiger partial charge is 0.347 e. The molecule has 6 nitrogen and oxygen atoms in total. The van der Waals surface area contributed by atoms with Gasteiger partial charge in [-0.15, -0.1) is 0 Å². The van der Waals surface area contributed by atoms with E-state index in [-0.39, 0.29) is 36.2 Å². The second kappa shape index (κ2) is 8.64. The van der Waals surface area contributed by atoms with Crippen molar-refractivity contribution in [3.63, 3.8) is 0 Å². The zero-order valence-corrected chi connectivity index (χ0v) is 18.9. The Morgan fingerprint density at radius 2 is 1.74 bits per heavy atom. The predicted molar refractivity (Wildman–Crippen MR) is 119 cm³/mol. The molecule has 3 aliphatic rings. The molecule has 4 rings (SSSR count). The Bertz CT molecular complexity index is 840. The van der Waals surface area contributed by atoms with Gasteiger partial charge in [-0.2, -0.15) is 0 Å². The van der Waals surface area contributed by atoms with Crippen LogP contribution in [0.4, 0.5) is 4.79 Å². The maximum Gasteiger partial charge on any atom is 0.325 e. The lowest BCUT2D eigenvalue weighted by Gasteiger charge is -2.26. The van der Waals surface area contributed by atoms with Gasteiger partial charge in [-0.05, 0) is 61.5 Å². The minimum atomic E-state index is -0.857. The van der Waals surface area contributed by atoms with E-state index in [1.165, 1.54) is 37.7 Å². The summed E-state index contributed by atoms with van der Waals surface area (Å²) in [7, 11) is 0. The molecule has 2 N–H and O–H groups in total. The SMILES string of the molecule is CC(C)C(NC(=O)CN1C(=O)NC(C)(C2CC2)C1=O)c1ccc(C2CCCCC2)cc1. The molecule has 1 aliphatic heterocycles. The van der Waals surface area contributed by atoms with Crippen molar-refractivity contribution < 1.29 is 14.4 Å². The minimum absolute atomic E-state index is 0.163.